The molecule has 2 aromatic rings. The van der Waals surface area contributed by atoms with Crippen LogP contribution in [0.3, 0.4) is 0 Å². The lowest BCUT2D eigenvalue weighted by molar-refractivity contribution is 0.0671. The highest BCUT2D eigenvalue weighted by molar-refractivity contribution is 6.30. The maximum atomic E-state index is 10.8. The van der Waals surface area contributed by atoms with Gasteiger partial charge in [0.05, 0.1) is 12.7 Å². The van der Waals surface area contributed by atoms with Gasteiger partial charge in [-0.3, -0.25) is 4.68 Å². The quantitative estimate of drug-likeness (QED) is 0.477. The predicted molar refractivity (Wildman–Crippen MR) is 118 cm³/mol. The lowest BCUT2D eigenvalue weighted by Gasteiger charge is -2.31. The number of hydrogen-bond acceptors (Lipinski definition) is 3. The van der Waals surface area contributed by atoms with E-state index in [4.69, 9.17) is 11.6 Å². The van der Waals surface area contributed by atoms with Crippen molar-refractivity contribution in [2.24, 2.45) is 12.0 Å². The number of aliphatic hydroxyl groups is 1. The summed E-state index contributed by atoms with van der Waals surface area (Å²) < 4.78 is 1.69. The van der Waals surface area contributed by atoms with E-state index in [9.17, 15) is 5.11 Å². The second-order valence-corrected chi connectivity index (χ2v) is 8.66. The second kappa shape index (κ2) is 9.18. The van der Waals surface area contributed by atoms with Crippen LogP contribution in [0, 0.1) is 0 Å². The molecule has 1 aliphatic rings. The average Bonchev–Trinajstić information content (AvgIpc) is 3.35. The summed E-state index contributed by atoms with van der Waals surface area (Å²) in [4.78, 5) is 4.66. The van der Waals surface area contributed by atoms with Crippen molar-refractivity contribution in [2.45, 2.75) is 50.5 Å². The van der Waals surface area contributed by atoms with Crippen molar-refractivity contribution < 1.29 is 5.11 Å². The highest BCUT2D eigenvalue weighted by Gasteiger charge is 2.35. The minimum atomic E-state index is -1.07. The molecule has 1 heterocycles. The number of rotatable bonds is 7. The molecule has 1 unspecified atom stereocenters. The molecule has 0 spiro atoms. The van der Waals surface area contributed by atoms with E-state index in [1.54, 1.807) is 17.8 Å². The van der Waals surface area contributed by atoms with Gasteiger partial charge in [0, 0.05) is 42.3 Å². The first-order valence-electron chi connectivity index (χ1n) is 10.3. The van der Waals surface area contributed by atoms with Crippen molar-refractivity contribution in [3.8, 4) is 0 Å². The molecule has 0 radical (unpaired) electrons. The number of nitrogens with one attached hydrogen (secondary N) is 2. The Labute approximate surface area is 178 Å². The van der Waals surface area contributed by atoms with E-state index in [0.29, 0.717) is 0 Å². The third-order valence-corrected chi connectivity index (χ3v) is 6.08. The standard InChI is InChI=1S/C22H32ClN5O/c1-4-24-20(25-15-21(2,29)18-13-27-28(3)14-18)26-16-22(11-5-6-12-22)17-7-9-19(23)10-8-17/h7-10,13-14,29H,4-6,11-12,15-16H2,1-3H3,(H2,24,25,26). The van der Waals surface area contributed by atoms with Crippen molar-refractivity contribution in [2.75, 3.05) is 19.6 Å². The molecule has 0 bridgehead atoms. The smallest absolute Gasteiger partial charge is 0.191 e. The van der Waals surface area contributed by atoms with Crippen molar-refractivity contribution >= 4 is 17.6 Å². The minimum Gasteiger partial charge on any atom is -0.383 e. The van der Waals surface area contributed by atoms with Gasteiger partial charge in [0.25, 0.3) is 0 Å². The Hall–Kier alpha value is -2.05. The van der Waals surface area contributed by atoms with Crippen molar-refractivity contribution in [3.05, 3.63) is 52.8 Å². The summed E-state index contributed by atoms with van der Waals surface area (Å²) in [5.41, 5.74) is 1.10. The number of nitrogens with zero attached hydrogens (tertiary/aromatic N) is 3. The van der Waals surface area contributed by atoms with Gasteiger partial charge in [-0.25, -0.2) is 4.99 Å². The van der Waals surface area contributed by atoms with Gasteiger partial charge in [-0.2, -0.15) is 5.10 Å². The highest BCUT2D eigenvalue weighted by atomic mass is 35.5. The lowest BCUT2D eigenvalue weighted by Crippen LogP contribution is -2.45. The summed E-state index contributed by atoms with van der Waals surface area (Å²) in [6.45, 7) is 5.62. The molecule has 1 aliphatic carbocycles. The van der Waals surface area contributed by atoms with Gasteiger partial charge in [0.2, 0.25) is 0 Å². The van der Waals surface area contributed by atoms with Gasteiger partial charge in [0.15, 0.2) is 5.96 Å². The Morgan fingerprint density at radius 3 is 2.55 bits per heavy atom. The molecule has 1 aromatic carbocycles. The Morgan fingerprint density at radius 2 is 1.97 bits per heavy atom. The first kappa shape index (κ1) is 21.7. The SMILES string of the molecule is CCNC(=NCC(C)(O)c1cnn(C)c1)NCC1(c2ccc(Cl)cc2)CCCC1. The minimum absolute atomic E-state index is 0.0899. The molecule has 1 fully saturated rings. The molecule has 0 amide bonds. The lowest BCUT2D eigenvalue weighted by atomic mass is 9.79. The van der Waals surface area contributed by atoms with Gasteiger partial charge in [-0.15, -0.1) is 0 Å². The fraction of sp³-hybridized carbons (Fsp3) is 0.545. The second-order valence-electron chi connectivity index (χ2n) is 8.22. The molecule has 7 heteroatoms. The number of guanidine groups is 1. The zero-order valence-electron chi connectivity index (χ0n) is 17.6. The maximum absolute atomic E-state index is 10.8. The van der Waals surface area contributed by atoms with Gasteiger partial charge in [-0.1, -0.05) is 36.6 Å². The first-order chi connectivity index (χ1) is 13.8. The molecule has 1 atom stereocenters. The number of aryl methyl sites for hydroxylation is 1. The van der Waals surface area contributed by atoms with E-state index in [0.717, 1.165) is 42.5 Å². The first-order valence-corrected chi connectivity index (χ1v) is 10.7. The van der Waals surface area contributed by atoms with E-state index in [1.807, 2.05) is 32.3 Å². The molecule has 0 aliphatic heterocycles. The number of aliphatic imine (C=N–C) groups is 1. The van der Waals surface area contributed by atoms with E-state index >= 15 is 0 Å². The van der Waals surface area contributed by atoms with Crippen molar-refractivity contribution in [1.82, 2.24) is 20.4 Å². The summed E-state index contributed by atoms with van der Waals surface area (Å²) >= 11 is 6.09. The van der Waals surface area contributed by atoms with Crippen LogP contribution < -0.4 is 10.6 Å². The van der Waals surface area contributed by atoms with Gasteiger partial charge < -0.3 is 15.7 Å². The van der Waals surface area contributed by atoms with Crippen LogP contribution in [-0.4, -0.2) is 40.5 Å². The highest BCUT2D eigenvalue weighted by Crippen LogP contribution is 2.40. The molecule has 6 nitrogen and oxygen atoms in total. The summed E-state index contributed by atoms with van der Waals surface area (Å²) in [6, 6.07) is 8.24. The number of benzene rings is 1. The van der Waals surface area contributed by atoms with Gasteiger partial charge >= 0.3 is 0 Å². The van der Waals surface area contributed by atoms with E-state index in [2.05, 4.69) is 32.9 Å². The van der Waals surface area contributed by atoms with Gasteiger partial charge in [-0.05, 0) is 44.4 Å². The Balaban J connectivity index is 1.72. The number of hydrogen-bond donors (Lipinski definition) is 3. The molecule has 0 saturated heterocycles. The fourth-order valence-electron chi connectivity index (χ4n) is 4.04. The molecule has 1 aromatic heterocycles. The summed E-state index contributed by atoms with van der Waals surface area (Å²) in [7, 11) is 1.84. The number of halogens is 1. The topological polar surface area (TPSA) is 74.5 Å². The zero-order valence-corrected chi connectivity index (χ0v) is 18.3. The van der Waals surface area contributed by atoms with Crippen LogP contribution in [0.1, 0.15) is 50.7 Å². The maximum Gasteiger partial charge on any atom is 0.191 e. The van der Waals surface area contributed by atoms with E-state index in [1.165, 1.54) is 18.4 Å². The third kappa shape index (κ3) is 5.31. The van der Waals surface area contributed by atoms with Crippen molar-refractivity contribution in [1.29, 1.82) is 0 Å². The van der Waals surface area contributed by atoms with Crippen LogP contribution in [0.25, 0.3) is 0 Å². The molecule has 29 heavy (non-hydrogen) atoms. The van der Waals surface area contributed by atoms with E-state index in [-0.39, 0.29) is 12.0 Å². The van der Waals surface area contributed by atoms with Gasteiger partial charge in [0.1, 0.15) is 5.60 Å². The predicted octanol–water partition coefficient (Wildman–Crippen LogP) is 3.35. The largest absolute Gasteiger partial charge is 0.383 e. The molecular weight excluding hydrogens is 386 g/mol. The third-order valence-electron chi connectivity index (χ3n) is 5.83. The molecule has 1 saturated carbocycles. The van der Waals surface area contributed by atoms with Crippen LogP contribution in [-0.2, 0) is 18.1 Å². The summed E-state index contributed by atoms with van der Waals surface area (Å²) in [5, 5.41) is 22.6. The van der Waals surface area contributed by atoms with Crippen molar-refractivity contribution in [3.63, 3.8) is 0 Å². The van der Waals surface area contributed by atoms with Crippen LogP contribution in [0.15, 0.2) is 41.7 Å². The normalized spacial score (nSPS) is 18.4. The van der Waals surface area contributed by atoms with E-state index < -0.39 is 5.60 Å². The summed E-state index contributed by atoms with van der Waals surface area (Å²) in [6.07, 6.45) is 8.26. The molecule has 3 N–H and O–H groups in total. The Kier molecular flexibility index (Phi) is 6.85. The monoisotopic (exact) mass is 417 g/mol. The average molecular weight is 418 g/mol. The fourth-order valence-corrected chi connectivity index (χ4v) is 4.17. The molecule has 158 valence electrons. The molecular formula is C22H32ClN5O. The Morgan fingerprint density at radius 1 is 1.28 bits per heavy atom. The zero-order chi connectivity index (χ0) is 20.9. The van der Waals surface area contributed by atoms with Crippen LogP contribution in [0.5, 0.6) is 0 Å². The van der Waals surface area contributed by atoms with Crippen LogP contribution in [0.4, 0.5) is 0 Å². The Bertz CT molecular complexity index is 822. The van der Waals surface area contributed by atoms with Crippen LogP contribution >= 0.6 is 11.6 Å². The number of aromatic nitrogens is 2. The molecule has 3 rings (SSSR count). The summed E-state index contributed by atoms with van der Waals surface area (Å²) in [5.74, 6) is 0.719. The van der Waals surface area contributed by atoms with Crippen LogP contribution in [0.2, 0.25) is 5.02 Å².